The van der Waals surface area contributed by atoms with Gasteiger partial charge in [0.25, 0.3) is 0 Å². The number of hydrogen-bond donors (Lipinski definition) is 1. The predicted octanol–water partition coefficient (Wildman–Crippen LogP) is 2.15. The van der Waals surface area contributed by atoms with Gasteiger partial charge in [-0.1, -0.05) is 6.07 Å². The van der Waals surface area contributed by atoms with Gasteiger partial charge < -0.3 is 19.7 Å². The molecule has 0 aliphatic carbocycles. The minimum atomic E-state index is 0.594. The van der Waals surface area contributed by atoms with Crippen LogP contribution in [0.4, 0.5) is 0 Å². The molecule has 0 saturated heterocycles. The van der Waals surface area contributed by atoms with E-state index in [1.807, 2.05) is 6.07 Å². The van der Waals surface area contributed by atoms with E-state index < -0.39 is 0 Å². The minimum absolute atomic E-state index is 0.594. The highest BCUT2D eigenvalue weighted by Gasteiger charge is 2.00. The maximum Gasteiger partial charge on any atom is 0.132 e. The van der Waals surface area contributed by atoms with Crippen molar-refractivity contribution in [2.75, 3.05) is 53.6 Å². The van der Waals surface area contributed by atoms with E-state index in [1.54, 1.807) is 0 Å². The zero-order chi connectivity index (χ0) is 14.8. The van der Waals surface area contributed by atoms with E-state index in [-0.39, 0.29) is 0 Å². The number of nitrogens with zero attached hydrogens (tertiary/aromatic N) is 1. The van der Waals surface area contributed by atoms with Crippen LogP contribution in [0.5, 0.6) is 5.75 Å². The number of benzene rings is 1. The Hall–Kier alpha value is -0.370. The summed E-state index contributed by atoms with van der Waals surface area (Å²) in [5, 5.41) is 3.33. The van der Waals surface area contributed by atoms with Gasteiger partial charge in [-0.25, -0.2) is 0 Å². The molecule has 1 aromatic rings. The summed E-state index contributed by atoms with van der Waals surface area (Å²) in [6, 6.07) is 6.19. The number of rotatable bonds is 10. The Morgan fingerprint density at radius 2 is 1.95 bits per heavy atom. The molecule has 0 aliphatic rings. The molecule has 0 amide bonds. The first kappa shape index (κ1) is 17.7. The summed E-state index contributed by atoms with van der Waals surface area (Å²) in [5.41, 5.74) is 1.25. The SMILES string of the molecule is Cc1ccc(OCCOCCNCCN(C)C)c(I)c1. The third-order valence-corrected chi connectivity index (χ3v) is 3.57. The molecular weight excluding hydrogens is 367 g/mol. The Labute approximate surface area is 136 Å². The van der Waals surface area contributed by atoms with Gasteiger partial charge in [-0.15, -0.1) is 0 Å². The van der Waals surface area contributed by atoms with Crippen molar-refractivity contribution in [2.45, 2.75) is 6.92 Å². The number of hydrogen-bond acceptors (Lipinski definition) is 4. The first-order chi connectivity index (χ1) is 9.59. The molecule has 0 heterocycles. The smallest absolute Gasteiger partial charge is 0.132 e. The van der Waals surface area contributed by atoms with Crippen LogP contribution < -0.4 is 10.1 Å². The van der Waals surface area contributed by atoms with Crippen LogP contribution in [0, 0.1) is 10.5 Å². The molecule has 1 N–H and O–H groups in total. The van der Waals surface area contributed by atoms with Crippen molar-refractivity contribution in [1.82, 2.24) is 10.2 Å². The van der Waals surface area contributed by atoms with Gasteiger partial charge in [0.1, 0.15) is 12.4 Å². The van der Waals surface area contributed by atoms with Gasteiger partial charge in [0.2, 0.25) is 0 Å². The first-order valence-corrected chi connectivity index (χ1v) is 7.99. The molecule has 4 nitrogen and oxygen atoms in total. The lowest BCUT2D eigenvalue weighted by Gasteiger charge is -2.11. The lowest BCUT2D eigenvalue weighted by atomic mass is 10.2. The lowest BCUT2D eigenvalue weighted by Crippen LogP contribution is -2.29. The Morgan fingerprint density at radius 3 is 2.65 bits per heavy atom. The summed E-state index contributed by atoms with van der Waals surface area (Å²) in [5.74, 6) is 0.934. The Bertz CT molecular complexity index is 386. The van der Waals surface area contributed by atoms with E-state index in [0.717, 1.165) is 35.6 Å². The molecule has 0 bridgehead atoms. The average Bonchev–Trinajstić information content (AvgIpc) is 2.38. The topological polar surface area (TPSA) is 33.7 Å². The van der Waals surface area contributed by atoms with Crippen LogP contribution in [0.25, 0.3) is 0 Å². The summed E-state index contributed by atoms with van der Waals surface area (Å²) in [7, 11) is 4.14. The van der Waals surface area contributed by atoms with Crippen LogP contribution in [-0.2, 0) is 4.74 Å². The Morgan fingerprint density at radius 1 is 1.15 bits per heavy atom. The van der Waals surface area contributed by atoms with Gasteiger partial charge >= 0.3 is 0 Å². The van der Waals surface area contributed by atoms with E-state index in [2.05, 4.69) is 66.0 Å². The van der Waals surface area contributed by atoms with E-state index in [1.165, 1.54) is 5.56 Å². The van der Waals surface area contributed by atoms with Crippen molar-refractivity contribution >= 4 is 22.6 Å². The van der Waals surface area contributed by atoms with Crippen LogP contribution in [0.1, 0.15) is 5.56 Å². The zero-order valence-electron chi connectivity index (χ0n) is 12.6. The number of aryl methyl sites for hydroxylation is 1. The highest BCUT2D eigenvalue weighted by atomic mass is 127. The highest BCUT2D eigenvalue weighted by molar-refractivity contribution is 14.1. The number of nitrogens with one attached hydrogen (secondary N) is 1. The predicted molar refractivity (Wildman–Crippen MR) is 91.6 cm³/mol. The molecule has 0 spiro atoms. The fourth-order valence-corrected chi connectivity index (χ4v) is 2.43. The van der Waals surface area contributed by atoms with Gasteiger partial charge in [0, 0.05) is 19.6 Å². The van der Waals surface area contributed by atoms with E-state index >= 15 is 0 Å². The Kier molecular flexibility index (Phi) is 9.17. The van der Waals surface area contributed by atoms with E-state index in [9.17, 15) is 0 Å². The molecule has 0 atom stereocenters. The average molecular weight is 392 g/mol. The second kappa shape index (κ2) is 10.4. The molecule has 0 aliphatic heterocycles. The number of halogens is 1. The molecule has 0 saturated carbocycles. The monoisotopic (exact) mass is 392 g/mol. The molecule has 0 fully saturated rings. The fraction of sp³-hybridized carbons (Fsp3) is 0.600. The van der Waals surface area contributed by atoms with Gasteiger partial charge in [-0.3, -0.25) is 0 Å². The zero-order valence-corrected chi connectivity index (χ0v) is 14.8. The second-order valence-electron chi connectivity index (χ2n) is 4.95. The van der Waals surface area contributed by atoms with Crippen molar-refractivity contribution in [1.29, 1.82) is 0 Å². The van der Waals surface area contributed by atoms with Gasteiger partial charge in [-0.05, 0) is 61.3 Å². The molecule has 0 aromatic heterocycles. The minimum Gasteiger partial charge on any atom is -0.490 e. The third kappa shape index (κ3) is 8.04. The van der Waals surface area contributed by atoms with Gasteiger partial charge in [0.15, 0.2) is 0 Å². The van der Waals surface area contributed by atoms with Crippen LogP contribution in [-0.4, -0.2) is 58.5 Å². The molecule has 1 aromatic carbocycles. The number of likely N-dealkylation sites (N-methyl/N-ethyl adjacent to an activating group) is 1. The van der Waals surface area contributed by atoms with Gasteiger partial charge in [-0.2, -0.15) is 0 Å². The summed E-state index contributed by atoms with van der Waals surface area (Å²) in [6.07, 6.45) is 0. The molecule has 1 rings (SSSR count). The molecular formula is C15H25IN2O2. The third-order valence-electron chi connectivity index (χ3n) is 2.73. The molecule has 20 heavy (non-hydrogen) atoms. The number of ether oxygens (including phenoxy) is 2. The van der Waals surface area contributed by atoms with Crippen molar-refractivity contribution in [3.05, 3.63) is 27.3 Å². The molecule has 0 radical (unpaired) electrons. The van der Waals surface area contributed by atoms with Crippen molar-refractivity contribution in [2.24, 2.45) is 0 Å². The largest absolute Gasteiger partial charge is 0.490 e. The second-order valence-corrected chi connectivity index (χ2v) is 6.11. The van der Waals surface area contributed by atoms with Crippen LogP contribution >= 0.6 is 22.6 Å². The summed E-state index contributed by atoms with van der Waals surface area (Å²) < 4.78 is 12.4. The lowest BCUT2D eigenvalue weighted by molar-refractivity contribution is 0.101. The molecule has 0 unspecified atom stereocenters. The summed E-state index contributed by atoms with van der Waals surface area (Å²) in [6.45, 7) is 6.95. The van der Waals surface area contributed by atoms with Crippen molar-refractivity contribution in [3.63, 3.8) is 0 Å². The maximum absolute atomic E-state index is 5.69. The molecule has 5 heteroatoms. The van der Waals surface area contributed by atoms with E-state index in [4.69, 9.17) is 9.47 Å². The van der Waals surface area contributed by atoms with Gasteiger partial charge in [0.05, 0.1) is 16.8 Å². The Balaban J connectivity index is 1.99. The van der Waals surface area contributed by atoms with Crippen molar-refractivity contribution < 1.29 is 9.47 Å². The quantitative estimate of drug-likeness (QED) is 0.489. The fourth-order valence-electron chi connectivity index (χ4n) is 1.61. The first-order valence-electron chi connectivity index (χ1n) is 6.91. The normalized spacial score (nSPS) is 11.1. The highest BCUT2D eigenvalue weighted by Crippen LogP contribution is 2.21. The van der Waals surface area contributed by atoms with Crippen LogP contribution in [0.15, 0.2) is 18.2 Å². The summed E-state index contributed by atoms with van der Waals surface area (Å²) >= 11 is 2.29. The summed E-state index contributed by atoms with van der Waals surface area (Å²) in [4.78, 5) is 2.16. The maximum atomic E-state index is 5.69. The van der Waals surface area contributed by atoms with Crippen LogP contribution in [0.2, 0.25) is 0 Å². The van der Waals surface area contributed by atoms with E-state index in [0.29, 0.717) is 13.2 Å². The standard InChI is InChI=1S/C15H25IN2O2/c1-13-4-5-15(14(16)12-13)20-11-10-19-9-7-17-6-8-18(2)3/h4-5,12,17H,6-11H2,1-3H3. The molecule has 114 valence electrons. The van der Waals surface area contributed by atoms with Crippen molar-refractivity contribution in [3.8, 4) is 5.75 Å². The van der Waals surface area contributed by atoms with Crippen LogP contribution in [0.3, 0.4) is 0 Å².